The number of aryl methyl sites for hydroxylation is 2. The molecule has 3 aromatic rings. The van der Waals surface area contributed by atoms with Crippen molar-refractivity contribution in [3.05, 3.63) is 77.4 Å². The van der Waals surface area contributed by atoms with Crippen LogP contribution in [0.5, 0.6) is 0 Å². The molecule has 6 nitrogen and oxygen atoms in total. The van der Waals surface area contributed by atoms with Gasteiger partial charge in [0.15, 0.2) is 5.76 Å². The van der Waals surface area contributed by atoms with E-state index in [4.69, 9.17) is 4.42 Å². The third kappa shape index (κ3) is 5.01. The minimum absolute atomic E-state index is 0.230. The smallest absolute Gasteiger partial charge is 0.287 e. The topological polar surface area (TPSA) is 84.2 Å². The molecule has 2 N–H and O–H groups in total. The number of carbonyl (C=O) groups is 2. The zero-order valence-corrected chi connectivity index (χ0v) is 16.5. The van der Waals surface area contributed by atoms with Gasteiger partial charge in [-0.3, -0.25) is 9.59 Å². The van der Waals surface area contributed by atoms with Gasteiger partial charge in [0.2, 0.25) is 0 Å². The summed E-state index contributed by atoms with van der Waals surface area (Å²) < 4.78 is 5.02. The predicted molar refractivity (Wildman–Crippen MR) is 108 cm³/mol. The van der Waals surface area contributed by atoms with Gasteiger partial charge in [-0.25, -0.2) is 4.98 Å². The minimum Gasteiger partial charge on any atom is -0.459 e. The second kappa shape index (κ2) is 9.23. The van der Waals surface area contributed by atoms with Crippen molar-refractivity contribution in [1.82, 2.24) is 15.6 Å². The van der Waals surface area contributed by atoms with E-state index in [9.17, 15) is 9.59 Å². The van der Waals surface area contributed by atoms with Gasteiger partial charge in [0.05, 0.1) is 11.8 Å². The van der Waals surface area contributed by atoms with Crippen molar-refractivity contribution in [3.8, 4) is 0 Å². The lowest BCUT2D eigenvalue weighted by Crippen LogP contribution is -2.34. The number of amides is 2. The summed E-state index contributed by atoms with van der Waals surface area (Å²) in [6.07, 6.45) is 3.11. The number of pyridine rings is 1. The van der Waals surface area contributed by atoms with Gasteiger partial charge in [-0.2, -0.15) is 0 Å². The molecule has 0 aliphatic carbocycles. The van der Waals surface area contributed by atoms with Crippen LogP contribution in [-0.4, -0.2) is 29.9 Å². The lowest BCUT2D eigenvalue weighted by atomic mass is 10.1. The second-order valence-corrected chi connectivity index (χ2v) is 7.26. The van der Waals surface area contributed by atoms with Crippen molar-refractivity contribution in [3.63, 3.8) is 0 Å². The van der Waals surface area contributed by atoms with Crippen LogP contribution in [0.15, 0.2) is 69.3 Å². The van der Waals surface area contributed by atoms with Crippen LogP contribution in [-0.2, 0) is 0 Å². The van der Waals surface area contributed by atoms with E-state index in [0.29, 0.717) is 23.7 Å². The highest BCUT2D eigenvalue weighted by atomic mass is 32.2. The quantitative estimate of drug-likeness (QED) is 0.597. The standard InChI is InChI=1S/C21H21N3O3S/c1-14-7-8-16(13-15(14)2)28-21-17(5-3-9-24-21)19(25)22-10-11-23-20(26)18-6-4-12-27-18/h3-9,12-13H,10-11H2,1-2H3,(H,22,25)(H,23,26). The van der Waals surface area contributed by atoms with Gasteiger partial charge in [-0.15, -0.1) is 0 Å². The van der Waals surface area contributed by atoms with Gasteiger partial charge < -0.3 is 15.1 Å². The van der Waals surface area contributed by atoms with Gasteiger partial charge in [-0.1, -0.05) is 17.8 Å². The lowest BCUT2D eigenvalue weighted by molar-refractivity contribution is 0.0909. The summed E-state index contributed by atoms with van der Waals surface area (Å²) in [5.41, 5.74) is 2.92. The predicted octanol–water partition coefficient (Wildman–Crippen LogP) is 3.60. The Hall–Kier alpha value is -3.06. The number of hydrogen-bond donors (Lipinski definition) is 2. The van der Waals surface area contributed by atoms with E-state index < -0.39 is 0 Å². The molecule has 0 spiro atoms. The van der Waals surface area contributed by atoms with Crippen LogP contribution in [0.25, 0.3) is 0 Å². The fourth-order valence-electron chi connectivity index (χ4n) is 2.48. The summed E-state index contributed by atoms with van der Waals surface area (Å²) in [6.45, 7) is 4.72. The van der Waals surface area contributed by atoms with Crippen LogP contribution < -0.4 is 10.6 Å². The van der Waals surface area contributed by atoms with Crippen molar-refractivity contribution in [2.45, 2.75) is 23.8 Å². The van der Waals surface area contributed by atoms with E-state index in [1.54, 1.807) is 30.5 Å². The van der Waals surface area contributed by atoms with Crippen LogP contribution in [0.3, 0.4) is 0 Å². The van der Waals surface area contributed by atoms with Gasteiger partial charge in [0.25, 0.3) is 11.8 Å². The Morgan fingerprint density at radius 2 is 1.79 bits per heavy atom. The number of hydrogen-bond acceptors (Lipinski definition) is 5. The highest BCUT2D eigenvalue weighted by Gasteiger charge is 2.14. The van der Waals surface area contributed by atoms with E-state index in [1.165, 1.54) is 29.2 Å². The first kappa shape index (κ1) is 19.7. The van der Waals surface area contributed by atoms with Crippen LogP contribution >= 0.6 is 11.8 Å². The number of carbonyl (C=O) groups excluding carboxylic acids is 2. The zero-order valence-electron chi connectivity index (χ0n) is 15.7. The maximum Gasteiger partial charge on any atom is 0.287 e. The third-order valence-electron chi connectivity index (χ3n) is 4.15. The van der Waals surface area contributed by atoms with E-state index in [1.807, 2.05) is 6.07 Å². The Kier molecular flexibility index (Phi) is 6.49. The molecule has 3 rings (SSSR count). The molecule has 144 valence electrons. The van der Waals surface area contributed by atoms with E-state index in [0.717, 1.165) is 4.90 Å². The first-order chi connectivity index (χ1) is 13.5. The number of rotatable bonds is 7. The number of aromatic nitrogens is 1. The van der Waals surface area contributed by atoms with E-state index in [-0.39, 0.29) is 17.6 Å². The molecule has 0 bridgehead atoms. The molecule has 0 fully saturated rings. The molecule has 2 heterocycles. The molecule has 0 atom stereocenters. The average molecular weight is 395 g/mol. The molecule has 0 unspecified atom stereocenters. The molecule has 2 amide bonds. The number of furan rings is 1. The van der Waals surface area contributed by atoms with Crippen molar-refractivity contribution in [2.75, 3.05) is 13.1 Å². The molecule has 0 aliphatic heterocycles. The van der Waals surface area contributed by atoms with Gasteiger partial charge in [0.1, 0.15) is 5.03 Å². The number of benzene rings is 1. The largest absolute Gasteiger partial charge is 0.459 e. The fourth-order valence-corrected chi connectivity index (χ4v) is 3.46. The van der Waals surface area contributed by atoms with E-state index in [2.05, 4.69) is 41.6 Å². The highest BCUT2D eigenvalue weighted by molar-refractivity contribution is 7.99. The molecule has 2 aromatic heterocycles. The Labute approximate surface area is 167 Å². The summed E-state index contributed by atoms with van der Waals surface area (Å²) in [5.74, 6) is -0.302. The molecule has 0 radical (unpaired) electrons. The van der Waals surface area contributed by atoms with Crippen molar-refractivity contribution in [2.24, 2.45) is 0 Å². The van der Waals surface area contributed by atoms with Gasteiger partial charge >= 0.3 is 0 Å². The number of nitrogens with one attached hydrogen (secondary N) is 2. The molecular weight excluding hydrogens is 374 g/mol. The Morgan fingerprint density at radius 3 is 2.50 bits per heavy atom. The van der Waals surface area contributed by atoms with Crippen LogP contribution in [0.2, 0.25) is 0 Å². The summed E-state index contributed by atoms with van der Waals surface area (Å²) in [6, 6.07) is 12.9. The molecule has 1 aromatic carbocycles. The highest BCUT2D eigenvalue weighted by Crippen LogP contribution is 2.29. The zero-order chi connectivity index (χ0) is 19.9. The maximum atomic E-state index is 12.6. The van der Waals surface area contributed by atoms with Gasteiger partial charge in [0, 0.05) is 24.2 Å². The summed E-state index contributed by atoms with van der Waals surface area (Å²) >= 11 is 1.45. The van der Waals surface area contributed by atoms with Crippen molar-refractivity contribution in [1.29, 1.82) is 0 Å². The minimum atomic E-state index is -0.313. The second-order valence-electron chi connectivity index (χ2n) is 6.19. The fraction of sp³-hybridized carbons (Fsp3) is 0.190. The molecule has 0 saturated carbocycles. The van der Waals surface area contributed by atoms with Crippen molar-refractivity contribution < 1.29 is 14.0 Å². The maximum absolute atomic E-state index is 12.6. The monoisotopic (exact) mass is 395 g/mol. The summed E-state index contributed by atoms with van der Waals surface area (Å²) in [4.78, 5) is 29.7. The Balaban J connectivity index is 1.57. The molecule has 28 heavy (non-hydrogen) atoms. The first-order valence-electron chi connectivity index (χ1n) is 8.84. The van der Waals surface area contributed by atoms with Crippen LogP contribution in [0.4, 0.5) is 0 Å². The Bertz CT molecular complexity index is 971. The van der Waals surface area contributed by atoms with Crippen molar-refractivity contribution >= 4 is 23.6 Å². The third-order valence-corrected chi connectivity index (χ3v) is 5.16. The molecule has 7 heteroatoms. The average Bonchev–Trinajstić information content (AvgIpc) is 3.23. The van der Waals surface area contributed by atoms with Crippen LogP contribution in [0.1, 0.15) is 32.0 Å². The Morgan fingerprint density at radius 1 is 1.00 bits per heavy atom. The van der Waals surface area contributed by atoms with Crippen LogP contribution in [0, 0.1) is 13.8 Å². The van der Waals surface area contributed by atoms with Gasteiger partial charge in [-0.05, 0) is 61.4 Å². The molecule has 0 aliphatic rings. The summed E-state index contributed by atoms with van der Waals surface area (Å²) in [7, 11) is 0. The van der Waals surface area contributed by atoms with E-state index >= 15 is 0 Å². The molecular formula is C21H21N3O3S. The lowest BCUT2D eigenvalue weighted by Gasteiger charge is -2.10. The molecule has 0 saturated heterocycles. The number of nitrogens with zero attached hydrogens (tertiary/aromatic N) is 1. The first-order valence-corrected chi connectivity index (χ1v) is 9.66. The normalized spacial score (nSPS) is 10.5. The summed E-state index contributed by atoms with van der Waals surface area (Å²) in [5, 5.41) is 6.14. The SMILES string of the molecule is Cc1ccc(Sc2ncccc2C(=O)NCCNC(=O)c2ccco2)cc1C.